The zero-order valence-corrected chi connectivity index (χ0v) is 27.2. The van der Waals surface area contributed by atoms with Gasteiger partial charge in [0.05, 0.1) is 24.1 Å². The van der Waals surface area contributed by atoms with Gasteiger partial charge < -0.3 is 20.0 Å². The lowest BCUT2D eigenvalue weighted by atomic mass is 9.84. The smallest absolute Gasteiger partial charge is 0.323 e. The number of anilines is 2. The molecule has 6 rings (SSSR count). The number of nitrogens with zero attached hydrogens (tertiary/aromatic N) is 8. The van der Waals surface area contributed by atoms with Gasteiger partial charge in [0.15, 0.2) is 5.60 Å². The van der Waals surface area contributed by atoms with E-state index in [9.17, 15) is 19.0 Å². The lowest BCUT2D eigenvalue weighted by Gasteiger charge is -2.37. The van der Waals surface area contributed by atoms with Crippen LogP contribution in [0.4, 0.5) is 28.9 Å². The van der Waals surface area contributed by atoms with Crippen LogP contribution in [0.25, 0.3) is 11.1 Å². The second kappa shape index (κ2) is 13.2. The van der Waals surface area contributed by atoms with Gasteiger partial charge >= 0.3 is 5.92 Å². The third kappa shape index (κ3) is 6.83. The first kappa shape index (κ1) is 33.9. The van der Waals surface area contributed by atoms with E-state index >= 15 is 8.78 Å². The molecule has 2 atom stereocenters. The Labute approximate surface area is 280 Å². The molecule has 2 aromatic carbocycles. The Hall–Kier alpha value is -4.95. The second-order valence-electron chi connectivity index (χ2n) is 13.2. The normalized spacial score (nSPS) is 16.0. The molecule has 0 spiro atoms. The standard InChI is InChI=1S/C35H36F4N8O2/c1-33(2,3)32(48)30-12-10-27(20-40-30)46-16-14-45(15-17-46)26-8-4-23(5-9-26)24-6-13-31(41-19-24)35(38,39)34(49,21-47-22-42-43-44-47)28-11-7-25(36)18-29(28)37/h4-13,18-20,22,32,48-49H,14-17,21H2,1-3H3/t32?,34-/m0/s1. The van der Waals surface area contributed by atoms with Crippen molar-refractivity contribution in [2.75, 3.05) is 36.0 Å². The molecule has 0 bridgehead atoms. The fraction of sp³-hybridized carbons (Fsp3) is 0.343. The molecule has 0 radical (unpaired) electrons. The van der Waals surface area contributed by atoms with E-state index in [1.807, 2.05) is 57.2 Å². The number of aromatic nitrogens is 6. The van der Waals surface area contributed by atoms with Crippen LogP contribution in [0.5, 0.6) is 0 Å². The maximum absolute atomic E-state index is 16.1. The molecule has 1 aliphatic heterocycles. The summed E-state index contributed by atoms with van der Waals surface area (Å²) in [6.45, 7) is 8.10. The van der Waals surface area contributed by atoms with E-state index in [0.717, 1.165) is 72.3 Å². The van der Waals surface area contributed by atoms with Crippen molar-refractivity contribution < 1.29 is 27.8 Å². The Kier molecular flexibility index (Phi) is 9.11. The number of hydrogen-bond acceptors (Lipinski definition) is 9. The van der Waals surface area contributed by atoms with Crippen molar-refractivity contribution in [3.63, 3.8) is 0 Å². The fourth-order valence-corrected chi connectivity index (χ4v) is 5.91. The number of pyridine rings is 2. The Balaban J connectivity index is 1.14. The summed E-state index contributed by atoms with van der Waals surface area (Å²) >= 11 is 0. The minimum absolute atomic E-state index is 0.302. The van der Waals surface area contributed by atoms with E-state index in [1.165, 1.54) is 12.3 Å². The number of rotatable bonds is 9. The molecule has 3 aromatic heterocycles. The predicted octanol–water partition coefficient (Wildman–Crippen LogP) is 5.49. The van der Waals surface area contributed by atoms with Crippen molar-refractivity contribution in [3.8, 4) is 11.1 Å². The van der Waals surface area contributed by atoms with Gasteiger partial charge in [-0.2, -0.15) is 8.78 Å². The Morgan fingerprint density at radius 3 is 2.00 bits per heavy atom. The average Bonchev–Trinajstić information content (AvgIpc) is 3.60. The van der Waals surface area contributed by atoms with Gasteiger partial charge in [0.25, 0.3) is 0 Å². The first-order chi connectivity index (χ1) is 23.3. The van der Waals surface area contributed by atoms with Crippen LogP contribution in [-0.4, -0.2) is 66.6 Å². The predicted molar refractivity (Wildman–Crippen MR) is 175 cm³/mol. The second-order valence-corrected chi connectivity index (χ2v) is 13.2. The van der Waals surface area contributed by atoms with Gasteiger partial charge in [-0.1, -0.05) is 39.0 Å². The largest absolute Gasteiger partial charge is 0.386 e. The molecule has 0 amide bonds. The van der Waals surface area contributed by atoms with Crippen LogP contribution >= 0.6 is 0 Å². The van der Waals surface area contributed by atoms with E-state index in [2.05, 4.69) is 35.3 Å². The summed E-state index contributed by atoms with van der Waals surface area (Å²) in [5.74, 6) is -6.48. The van der Waals surface area contributed by atoms with Crippen LogP contribution in [0, 0.1) is 17.0 Å². The van der Waals surface area contributed by atoms with E-state index in [0.29, 0.717) is 17.3 Å². The average molecular weight is 677 g/mol. The molecule has 1 saturated heterocycles. The zero-order chi connectivity index (χ0) is 35.0. The summed E-state index contributed by atoms with van der Waals surface area (Å²) in [7, 11) is 0. The van der Waals surface area contributed by atoms with Gasteiger partial charge in [-0.05, 0) is 63.9 Å². The molecule has 49 heavy (non-hydrogen) atoms. The van der Waals surface area contributed by atoms with Crippen molar-refractivity contribution in [2.24, 2.45) is 5.41 Å². The maximum atomic E-state index is 16.1. The number of alkyl halides is 2. The minimum Gasteiger partial charge on any atom is -0.386 e. The quantitative estimate of drug-likeness (QED) is 0.196. The number of aliphatic hydroxyl groups excluding tert-OH is 1. The molecular weight excluding hydrogens is 640 g/mol. The van der Waals surface area contributed by atoms with E-state index < -0.39 is 47.1 Å². The number of hydrogen-bond donors (Lipinski definition) is 2. The molecule has 14 heteroatoms. The summed E-state index contributed by atoms with van der Waals surface area (Å²) in [6, 6.07) is 16.0. The fourth-order valence-electron chi connectivity index (χ4n) is 5.91. The molecule has 10 nitrogen and oxygen atoms in total. The van der Waals surface area contributed by atoms with Crippen LogP contribution in [0.15, 0.2) is 85.5 Å². The molecule has 0 aliphatic carbocycles. The van der Waals surface area contributed by atoms with Gasteiger partial charge in [-0.3, -0.25) is 9.97 Å². The first-order valence-corrected chi connectivity index (χ1v) is 15.7. The van der Waals surface area contributed by atoms with Crippen LogP contribution in [0.2, 0.25) is 0 Å². The molecule has 2 N–H and O–H groups in total. The number of aliphatic hydroxyl groups is 2. The van der Waals surface area contributed by atoms with Crippen LogP contribution in [0.3, 0.4) is 0 Å². The van der Waals surface area contributed by atoms with Crippen LogP contribution < -0.4 is 9.80 Å². The van der Waals surface area contributed by atoms with E-state index in [-0.39, 0.29) is 5.41 Å². The lowest BCUT2D eigenvalue weighted by molar-refractivity contribution is -0.207. The molecule has 0 saturated carbocycles. The molecule has 4 heterocycles. The van der Waals surface area contributed by atoms with Gasteiger partial charge in [0, 0.05) is 55.3 Å². The monoisotopic (exact) mass is 676 g/mol. The topological polar surface area (TPSA) is 116 Å². The summed E-state index contributed by atoms with van der Waals surface area (Å²) in [4.78, 5) is 13.0. The van der Waals surface area contributed by atoms with Gasteiger partial charge in [0.2, 0.25) is 0 Å². The molecule has 1 fully saturated rings. The van der Waals surface area contributed by atoms with Gasteiger partial charge in [0.1, 0.15) is 29.8 Å². The van der Waals surface area contributed by atoms with E-state index in [1.54, 1.807) is 6.20 Å². The van der Waals surface area contributed by atoms with Crippen molar-refractivity contribution in [2.45, 2.75) is 44.9 Å². The number of halogens is 4. The van der Waals surface area contributed by atoms with Crippen LogP contribution in [-0.2, 0) is 18.1 Å². The van der Waals surface area contributed by atoms with Gasteiger partial charge in [-0.25, -0.2) is 13.5 Å². The summed E-state index contributed by atoms with van der Waals surface area (Å²) < 4.78 is 61.5. The molecule has 1 unspecified atom stereocenters. The number of tetrazole rings is 1. The molecule has 1 aliphatic rings. The highest BCUT2D eigenvalue weighted by Crippen LogP contribution is 2.47. The number of piperazine rings is 1. The summed E-state index contributed by atoms with van der Waals surface area (Å²) in [5.41, 5.74) is -1.22. The first-order valence-electron chi connectivity index (χ1n) is 15.7. The highest BCUT2D eigenvalue weighted by Gasteiger charge is 2.58. The minimum atomic E-state index is -4.14. The van der Waals surface area contributed by atoms with Crippen LogP contribution in [0.1, 0.15) is 43.8 Å². The van der Waals surface area contributed by atoms with Gasteiger partial charge in [-0.15, -0.1) is 5.10 Å². The maximum Gasteiger partial charge on any atom is 0.323 e. The molecule has 256 valence electrons. The Morgan fingerprint density at radius 1 is 0.796 bits per heavy atom. The number of benzene rings is 2. The lowest BCUT2D eigenvalue weighted by Crippen LogP contribution is -2.48. The molecule has 5 aromatic rings. The highest BCUT2D eigenvalue weighted by molar-refractivity contribution is 5.66. The Morgan fingerprint density at radius 2 is 1.45 bits per heavy atom. The van der Waals surface area contributed by atoms with Crippen molar-refractivity contribution in [1.82, 2.24) is 30.2 Å². The van der Waals surface area contributed by atoms with Crippen molar-refractivity contribution >= 4 is 11.4 Å². The van der Waals surface area contributed by atoms with Crippen molar-refractivity contribution in [1.29, 1.82) is 0 Å². The van der Waals surface area contributed by atoms with E-state index in [4.69, 9.17) is 0 Å². The highest BCUT2D eigenvalue weighted by atomic mass is 19.3. The summed E-state index contributed by atoms with van der Waals surface area (Å²) in [6.07, 6.45) is 3.41. The third-order valence-electron chi connectivity index (χ3n) is 8.85. The third-order valence-corrected chi connectivity index (χ3v) is 8.85. The zero-order valence-electron chi connectivity index (χ0n) is 27.2. The molecular formula is C35H36F4N8O2. The summed E-state index contributed by atoms with van der Waals surface area (Å²) in [5, 5.41) is 32.2. The Bertz CT molecular complexity index is 1860. The SMILES string of the molecule is CC(C)(C)C(O)c1ccc(N2CCN(c3ccc(-c4ccc(C(F)(F)[C@](O)(Cn5cnnn5)c5ccc(F)cc5F)nc4)cc3)CC2)cn1. The van der Waals surface area contributed by atoms with Crippen molar-refractivity contribution in [3.05, 3.63) is 114 Å².